The van der Waals surface area contributed by atoms with Crippen LogP contribution in [0, 0.1) is 19.7 Å². The molecule has 11 heteroatoms. The Hall–Kier alpha value is -4.93. The molecular formula is C33H34FN7O3. The number of aromatic nitrogens is 5. The zero-order valence-electron chi connectivity index (χ0n) is 25.4. The largest absolute Gasteiger partial charge is 0.444 e. The molecule has 0 radical (unpaired) electrons. The maximum absolute atomic E-state index is 15.9. The second-order valence-electron chi connectivity index (χ2n) is 12.2. The van der Waals surface area contributed by atoms with Crippen molar-refractivity contribution in [3.05, 3.63) is 83.4 Å². The maximum atomic E-state index is 15.9. The second kappa shape index (κ2) is 11.3. The van der Waals surface area contributed by atoms with Crippen LogP contribution in [-0.2, 0) is 4.74 Å². The normalized spacial score (nSPS) is 15.5. The molecule has 0 N–H and O–H groups in total. The Labute approximate surface area is 254 Å². The molecule has 1 saturated heterocycles. The van der Waals surface area contributed by atoms with E-state index in [-0.39, 0.29) is 12.1 Å². The van der Waals surface area contributed by atoms with E-state index in [2.05, 4.69) is 20.3 Å². The van der Waals surface area contributed by atoms with Crippen molar-refractivity contribution in [3.8, 4) is 5.69 Å². The van der Waals surface area contributed by atoms with Gasteiger partial charge in [-0.2, -0.15) is 4.68 Å². The molecule has 1 fully saturated rings. The summed E-state index contributed by atoms with van der Waals surface area (Å²) in [7, 11) is 0. The Morgan fingerprint density at radius 3 is 2.64 bits per heavy atom. The molecule has 4 heterocycles. The number of benzene rings is 2. The number of amides is 2. The number of halogens is 1. The Morgan fingerprint density at radius 2 is 1.86 bits per heavy atom. The van der Waals surface area contributed by atoms with Gasteiger partial charge < -0.3 is 9.64 Å². The summed E-state index contributed by atoms with van der Waals surface area (Å²) in [6.07, 6.45) is 4.07. The fraction of sp³-hybridized carbons (Fsp3) is 0.333. The number of carbonyl (C=O) groups excluding carboxylic acids is 2. The molecule has 0 unspecified atom stereocenters. The molecule has 2 aromatic carbocycles. The summed E-state index contributed by atoms with van der Waals surface area (Å²) in [5, 5.41) is 9.95. The van der Waals surface area contributed by atoms with Gasteiger partial charge in [-0.15, -0.1) is 5.10 Å². The van der Waals surface area contributed by atoms with E-state index in [0.29, 0.717) is 42.1 Å². The Balaban J connectivity index is 1.43. The van der Waals surface area contributed by atoms with Crippen LogP contribution in [0.2, 0.25) is 0 Å². The van der Waals surface area contributed by atoms with Gasteiger partial charge in [0.25, 0.3) is 5.91 Å². The van der Waals surface area contributed by atoms with Gasteiger partial charge in [-0.05, 0) is 88.7 Å². The highest BCUT2D eigenvalue weighted by molar-refractivity contribution is 6.11. The molecule has 10 nitrogen and oxygen atoms in total. The number of aryl methyl sites for hydroxylation is 2. The van der Waals surface area contributed by atoms with Crippen molar-refractivity contribution in [2.45, 2.75) is 59.1 Å². The van der Waals surface area contributed by atoms with Gasteiger partial charge in [0.1, 0.15) is 22.8 Å². The van der Waals surface area contributed by atoms with Crippen LogP contribution in [-0.4, -0.2) is 66.6 Å². The van der Waals surface area contributed by atoms with Crippen molar-refractivity contribution in [1.29, 1.82) is 0 Å². The number of rotatable bonds is 4. The molecule has 3 aromatic heterocycles. The van der Waals surface area contributed by atoms with E-state index in [9.17, 15) is 9.59 Å². The predicted octanol–water partition coefficient (Wildman–Crippen LogP) is 6.17. The van der Waals surface area contributed by atoms with E-state index in [4.69, 9.17) is 4.74 Å². The van der Waals surface area contributed by atoms with Gasteiger partial charge in [0.15, 0.2) is 5.65 Å². The molecule has 1 atom stereocenters. The first-order valence-corrected chi connectivity index (χ1v) is 14.6. The molecule has 5 aromatic rings. The summed E-state index contributed by atoms with van der Waals surface area (Å²) in [6, 6.07) is 13.4. The fourth-order valence-corrected chi connectivity index (χ4v) is 5.84. The second-order valence-corrected chi connectivity index (χ2v) is 12.2. The lowest BCUT2D eigenvalue weighted by Crippen LogP contribution is -2.53. The molecule has 226 valence electrons. The molecule has 0 saturated carbocycles. The van der Waals surface area contributed by atoms with Crippen molar-refractivity contribution < 1.29 is 18.7 Å². The van der Waals surface area contributed by atoms with E-state index >= 15 is 4.39 Å². The molecule has 2 amide bonds. The smallest absolute Gasteiger partial charge is 0.410 e. The minimum absolute atomic E-state index is 0.121. The van der Waals surface area contributed by atoms with Gasteiger partial charge in [0, 0.05) is 36.9 Å². The number of piperidine rings is 1. The molecule has 1 aliphatic heterocycles. The number of carbonyl (C=O) groups is 2. The van der Waals surface area contributed by atoms with Gasteiger partial charge in [-0.25, -0.2) is 19.2 Å². The summed E-state index contributed by atoms with van der Waals surface area (Å²) in [5.41, 5.74) is 2.67. The summed E-state index contributed by atoms with van der Waals surface area (Å²) in [6.45, 7) is 10.2. The van der Waals surface area contributed by atoms with Crippen molar-refractivity contribution in [3.63, 3.8) is 0 Å². The van der Waals surface area contributed by atoms with Gasteiger partial charge in [-0.3, -0.25) is 9.69 Å². The first-order valence-electron chi connectivity index (χ1n) is 14.6. The minimum atomic E-state index is -0.718. The number of likely N-dealkylation sites (tertiary alicyclic amines) is 1. The molecule has 0 bridgehead atoms. The first-order chi connectivity index (χ1) is 21.0. The SMILES string of the molecule is Cc1cc(C)c2c(N(C(=O)c3ccc(-n4nnc5cccnc54)cc3F)[C@@H]3CCCN(C(=O)OC(C)(C)C)C3)nccc2c1. The average molecular weight is 596 g/mol. The van der Waals surface area contributed by atoms with E-state index in [1.165, 1.54) is 16.8 Å². The fourth-order valence-electron chi connectivity index (χ4n) is 5.84. The van der Waals surface area contributed by atoms with Gasteiger partial charge in [-0.1, -0.05) is 22.9 Å². The van der Waals surface area contributed by atoms with Gasteiger partial charge >= 0.3 is 6.09 Å². The quantitative estimate of drug-likeness (QED) is 0.245. The highest BCUT2D eigenvalue weighted by Gasteiger charge is 2.36. The van der Waals surface area contributed by atoms with Crippen molar-refractivity contribution in [2.75, 3.05) is 18.0 Å². The van der Waals surface area contributed by atoms with Gasteiger partial charge in [0.05, 0.1) is 17.3 Å². The highest BCUT2D eigenvalue weighted by Crippen LogP contribution is 2.34. The lowest BCUT2D eigenvalue weighted by molar-refractivity contribution is 0.0196. The van der Waals surface area contributed by atoms with E-state index in [1.54, 1.807) is 40.4 Å². The summed E-state index contributed by atoms with van der Waals surface area (Å²) < 4.78 is 23.0. The van der Waals surface area contributed by atoms with Crippen molar-refractivity contribution in [2.24, 2.45) is 0 Å². The number of fused-ring (bicyclic) bond motifs is 2. The third-order valence-corrected chi connectivity index (χ3v) is 7.68. The molecular weight excluding hydrogens is 561 g/mol. The monoisotopic (exact) mass is 595 g/mol. The molecule has 0 aliphatic carbocycles. The summed E-state index contributed by atoms with van der Waals surface area (Å²) in [5.74, 6) is -0.840. The van der Waals surface area contributed by atoms with Crippen LogP contribution in [0.3, 0.4) is 0 Å². The lowest BCUT2D eigenvalue weighted by atomic mass is 9.99. The molecule has 6 rings (SSSR count). The predicted molar refractivity (Wildman–Crippen MR) is 165 cm³/mol. The van der Waals surface area contributed by atoms with Crippen LogP contribution in [0.4, 0.5) is 15.0 Å². The van der Waals surface area contributed by atoms with Crippen LogP contribution in [0.15, 0.2) is 60.9 Å². The third kappa shape index (κ3) is 5.57. The van der Waals surface area contributed by atoms with Gasteiger partial charge in [0.2, 0.25) is 0 Å². The third-order valence-electron chi connectivity index (χ3n) is 7.68. The zero-order valence-corrected chi connectivity index (χ0v) is 25.4. The average Bonchev–Trinajstić information content (AvgIpc) is 3.40. The van der Waals surface area contributed by atoms with Crippen LogP contribution >= 0.6 is 0 Å². The number of hydrogen-bond donors (Lipinski definition) is 0. The van der Waals surface area contributed by atoms with Crippen LogP contribution in [0.5, 0.6) is 0 Å². The summed E-state index contributed by atoms with van der Waals surface area (Å²) in [4.78, 5) is 39.7. The Kier molecular flexibility index (Phi) is 7.48. The minimum Gasteiger partial charge on any atom is -0.444 e. The topological polar surface area (TPSA) is 106 Å². The highest BCUT2D eigenvalue weighted by atomic mass is 19.1. The molecule has 0 spiro atoms. The summed E-state index contributed by atoms with van der Waals surface area (Å²) >= 11 is 0. The number of anilines is 1. The number of ether oxygens (including phenoxy) is 1. The van der Waals surface area contributed by atoms with Crippen LogP contribution in [0.25, 0.3) is 27.6 Å². The van der Waals surface area contributed by atoms with Crippen molar-refractivity contribution >= 4 is 39.8 Å². The molecule has 44 heavy (non-hydrogen) atoms. The first kappa shape index (κ1) is 29.2. The number of hydrogen-bond acceptors (Lipinski definition) is 7. The van der Waals surface area contributed by atoms with E-state index in [0.717, 1.165) is 21.9 Å². The standard InChI is InChI=1S/C33H34FN7O3/c1-20-16-21(2)28-22(17-20)12-14-36-30(28)40(24-8-7-15-39(19-24)32(43)44-33(3,4)5)31(42)25-11-10-23(18-26(25)34)41-29-27(37-38-41)9-6-13-35-29/h6,9-14,16-18,24H,7-8,15,19H2,1-5H3/t24-/m1/s1. The Morgan fingerprint density at radius 1 is 1.05 bits per heavy atom. The van der Waals surface area contributed by atoms with Crippen LogP contribution in [0.1, 0.15) is 55.1 Å². The lowest BCUT2D eigenvalue weighted by Gasteiger charge is -2.39. The number of nitrogens with zero attached hydrogens (tertiary/aromatic N) is 7. The number of pyridine rings is 2. The maximum Gasteiger partial charge on any atom is 0.410 e. The molecule has 1 aliphatic rings. The van der Waals surface area contributed by atoms with Crippen molar-refractivity contribution in [1.82, 2.24) is 29.9 Å². The van der Waals surface area contributed by atoms with E-state index < -0.39 is 29.5 Å². The zero-order chi connectivity index (χ0) is 31.2. The van der Waals surface area contributed by atoms with E-state index in [1.807, 2.05) is 52.8 Å². The van der Waals surface area contributed by atoms with Crippen LogP contribution < -0.4 is 4.90 Å². The Bertz CT molecular complexity index is 1900.